The van der Waals surface area contributed by atoms with Crippen LogP contribution in [0.2, 0.25) is 0 Å². The number of nitrogens with zero attached hydrogens (tertiary/aromatic N) is 1. The molecule has 3 atom stereocenters. The maximum atomic E-state index is 6.01. The van der Waals surface area contributed by atoms with Gasteiger partial charge in [0.15, 0.2) is 0 Å². The van der Waals surface area contributed by atoms with Gasteiger partial charge in [0.05, 0.1) is 7.11 Å². The molecule has 1 heterocycles. The van der Waals surface area contributed by atoms with Gasteiger partial charge in [-0.2, -0.15) is 0 Å². The van der Waals surface area contributed by atoms with Crippen molar-refractivity contribution in [3.63, 3.8) is 0 Å². The molecule has 1 aromatic rings. The summed E-state index contributed by atoms with van der Waals surface area (Å²) in [5.41, 5.74) is 7.34. The summed E-state index contributed by atoms with van der Waals surface area (Å²) >= 11 is 0. The molecule has 1 aromatic carbocycles. The van der Waals surface area contributed by atoms with Crippen molar-refractivity contribution in [3.05, 3.63) is 29.8 Å². The second kappa shape index (κ2) is 4.90. The highest BCUT2D eigenvalue weighted by Crippen LogP contribution is 2.41. The van der Waals surface area contributed by atoms with Crippen molar-refractivity contribution in [2.24, 2.45) is 11.7 Å². The van der Waals surface area contributed by atoms with Crippen LogP contribution in [0.4, 0.5) is 0 Å². The normalized spacial score (nSPS) is 28.6. The van der Waals surface area contributed by atoms with Crippen molar-refractivity contribution in [3.8, 4) is 5.75 Å². The first-order chi connectivity index (χ1) is 8.81. The summed E-state index contributed by atoms with van der Waals surface area (Å²) in [6.07, 6.45) is 4.16. The van der Waals surface area contributed by atoms with E-state index in [1.807, 2.05) is 12.1 Å². The Bertz CT molecular complexity index is 403. The van der Waals surface area contributed by atoms with Crippen LogP contribution in [0.5, 0.6) is 5.75 Å². The summed E-state index contributed by atoms with van der Waals surface area (Å²) in [5.74, 6) is 1.83. The molecule has 3 heteroatoms. The topological polar surface area (TPSA) is 38.5 Å². The number of likely N-dealkylation sites (tertiary alicyclic amines) is 1. The lowest BCUT2D eigenvalue weighted by atomic mass is 10.0. The van der Waals surface area contributed by atoms with Crippen molar-refractivity contribution in [1.29, 1.82) is 0 Å². The summed E-state index contributed by atoms with van der Waals surface area (Å²) in [5, 5.41) is 0. The van der Waals surface area contributed by atoms with Gasteiger partial charge in [0.25, 0.3) is 0 Å². The van der Waals surface area contributed by atoms with Crippen molar-refractivity contribution in [2.45, 2.75) is 31.3 Å². The predicted octanol–water partition coefficient (Wildman–Crippen LogP) is 2.18. The van der Waals surface area contributed by atoms with Crippen LogP contribution in [0.1, 0.15) is 30.9 Å². The average Bonchev–Trinajstić information content (AvgIpc) is 3.03. The maximum Gasteiger partial charge on any atom is 0.118 e. The summed E-state index contributed by atoms with van der Waals surface area (Å²) < 4.78 is 5.21. The van der Waals surface area contributed by atoms with Crippen LogP contribution in [0.25, 0.3) is 0 Å². The Morgan fingerprint density at radius 3 is 2.61 bits per heavy atom. The molecule has 1 aliphatic heterocycles. The van der Waals surface area contributed by atoms with Crippen LogP contribution in [0.15, 0.2) is 24.3 Å². The van der Waals surface area contributed by atoms with E-state index >= 15 is 0 Å². The Kier molecular flexibility index (Phi) is 3.27. The van der Waals surface area contributed by atoms with Gasteiger partial charge in [-0.25, -0.2) is 0 Å². The van der Waals surface area contributed by atoms with Gasteiger partial charge in [-0.3, -0.25) is 4.90 Å². The van der Waals surface area contributed by atoms with Gasteiger partial charge in [0.1, 0.15) is 5.75 Å². The number of methoxy groups -OCH3 is 1. The van der Waals surface area contributed by atoms with E-state index in [9.17, 15) is 0 Å². The molecule has 0 radical (unpaired) electrons. The average molecular weight is 246 g/mol. The Balaban J connectivity index is 1.79. The van der Waals surface area contributed by atoms with Crippen LogP contribution in [-0.4, -0.2) is 31.1 Å². The van der Waals surface area contributed by atoms with E-state index < -0.39 is 0 Å². The van der Waals surface area contributed by atoms with Gasteiger partial charge < -0.3 is 10.5 Å². The highest BCUT2D eigenvalue weighted by Gasteiger charge is 2.40. The molecule has 1 saturated heterocycles. The van der Waals surface area contributed by atoms with E-state index in [0.29, 0.717) is 12.6 Å². The van der Waals surface area contributed by atoms with E-state index in [-0.39, 0.29) is 0 Å². The first kappa shape index (κ1) is 12.0. The van der Waals surface area contributed by atoms with Crippen LogP contribution < -0.4 is 10.5 Å². The van der Waals surface area contributed by atoms with Crippen molar-refractivity contribution < 1.29 is 4.74 Å². The van der Waals surface area contributed by atoms with Crippen LogP contribution in [0.3, 0.4) is 0 Å². The Hall–Kier alpha value is -1.06. The predicted molar refractivity (Wildman–Crippen MR) is 72.6 cm³/mol. The zero-order valence-corrected chi connectivity index (χ0v) is 11.0. The summed E-state index contributed by atoms with van der Waals surface area (Å²) in [6.45, 7) is 1.94. The molecule has 2 fully saturated rings. The number of benzene rings is 1. The van der Waals surface area contributed by atoms with E-state index in [2.05, 4.69) is 17.0 Å². The molecule has 98 valence electrons. The SMILES string of the molecule is COc1ccc(C(CN)N2CC3CCC2C3)cc1. The monoisotopic (exact) mass is 246 g/mol. The second-order valence-corrected chi connectivity index (χ2v) is 5.55. The third-order valence-corrected chi connectivity index (χ3v) is 4.58. The van der Waals surface area contributed by atoms with Gasteiger partial charge in [-0.05, 0) is 42.9 Å². The van der Waals surface area contributed by atoms with E-state index in [4.69, 9.17) is 10.5 Å². The molecule has 3 rings (SSSR count). The summed E-state index contributed by atoms with van der Waals surface area (Å²) in [6, 6.07) is 9.53. The Morgan fingerprint density at radius 2 is 2.11 bits per heavy atom. The molecule has 3 nitrogen and oxygen atoms in total. The molecule has 18 heavy (non-hydrogen) atoms. The third-order valence-electron chi connectivity index (χ3n) is 4.58. The Morgan fingerprint density at radius 1 is 1.33 bits per heavy atom. The molecular weight excluding hydrogens is 224 g/mol. The summed E-state index contributed by atoms with van der Waals surface area (Å²) in [4.78, 5) is 2.62. The zero-order valence-electron chi connectivity index (χ0n) is 11.0. The fraction of sp³-hybridized carbons (Fsp3) is 0.600. The van der Waals surface area contributed by atoms with E-state index in [0.717, 1.165) is 17.7 Å². The Labute approximate surface area is 109 Å². The maximum absolute atomic E-state index is 6.01. The van der Waals surface area contributed by atoms with Crippen molar-refractivity contribution in [2.75, 3.05) is 20.2 Å². The van der Waals surface area contributed by atoms with Gasteiger partial charge in [0.2, 0.25) is 0 Å². The van der Waals surface area contributed by atoms with Crippen LogP contribution >= 0.6 is 0 Å². The minimum Gasteiger partial charge on any atom is -0.497 e. The lowest BCUT2D eigenvalue weighted by Gasteiger charge is -2.34. The van der Waals surface area contributed by atoms with Gasteiger partial charge in [-0.15, -0.1) is 0 Å². The number of fused-ring (bicyclic) bond motifs is 2. The number of hydrogen-bond donors (Lipinski definition) is 1. The zero-order chi connectivity index (χ0) is 12.5. The number of rotatable bonds is 4. The standard InChI is InChI=1S/C15H22N2O/c1-18-14-6-3-12(4-7-14)15(9-16)17-10-11-2-5-13(17)8-11/h3-4,6-7,11,13,15H,2,5,8-10,16H2,1H3. The third kappa shape index (κ3) is 2.02. The lowest BCUT2D eigenvalue weighted by Crippen LogP contribution is -2.39. The van der Waals surface area contributed by atoms with Gasteiger partial charge >= 0.3 is 0 Å². The highest BCUT2D eigenvalue weighted by molar-refractivity contribution is 5.29. The van der Waals surface area contributed by atoms with E-state index in [1.165, 1.54) is 31.4 Å². The quantitative estimate of drug-likeness (QED) is 0.885. The van der Waals surface area contributed by atoms with Gasteiger partial charge in [0, 0.05) is 25.2 Å². The molecule has 0 spiro atoms. The number of nitrogens with two attached hydrogens (primary N) is 1. The first-order valence-corrected chi connectivity index (χ1v) is 6.91. The second-order valence-electron chi connectivity index (χ2n) is 5.55. The molecule has 0 aromatic heterocycles. The van der Waals surface area contributed by atoms with Gasteiger partial charge in [-0.1, -0.05) is 12.1 Å². The first-order valence-electron chi connectivity index (χ1n) is 6.91. The highest BCUT2D eigenvalue weighted by atomic mass is 16.5. The van der Waals surface area contributed by atoms with Crippen LogP contribution in [0, 0.1) is 5.92 Å². The largest absolute Gasteiger partial charge is 0.497 e. The van der Waals surface area contributed by atoms with E-state index in [1.54, 1.807) is 7.11 Å². The minimum absolute atomic E-state index is 0.381. The smallest absolute Gasteiger partial charge is 0.118 e. The molecule has 1 saturated carbocycles. The minimum atomic E-state index is 0.381. The number of ether oxygens (including phenoxy) is 1. The molecular formula is C15H22N2O. The van der Waals surface area contributed by atoms with Crippen LogP contribution in [-0.2, 0) is 0 Å². The fourth-order valence-corrected chi connectivity index (χ4v) is 3.63. The number of hydrogen-bond acceptors (Lipinski definition) is 3. The molecule has 2 aliphatic rings. The molecule has 2 N–H and O–H groups in total. The molecule has 1 aliphatic carbocycles. The molecule has 2 bridgehead atoms. The molecule has 0 amide bonds. The summed E-state index contributed by atoms with van der Waals surface area (Å²) in [7, 11) is 1.70. The molecule has 3 unspecified atom stereocenters. The fourth-order valence-electron chi connectivity index (χ4n) is 3.63. The lowest BCUT2D eigenvalue weighted by molar-refractivity contribution is 0.153. The van der Waals surface area contributed by atoms with Crippen molar-refractivity contribution >= 4 is 0 Å². The van der Waals surface area contributed by atoms with Crippen molar-refractivity contribution in [1.82, 2.24) is 4.90 Å². The number of piperidine rings is 1.